The summed E-state index contributed by atoms with van der Waals surface area (Å²) in [6.45, 7) is 25.4. The molecular formula is C28H51N5. The van der Waals surface area contributed by atoms with Crippen LogP contribution in [0.15, 0.2) is 37.6 Å². The molecule has 0 spiro atoms. The average Bonchev–Trinajstić information content (AvgIpc) is 2.78. The number of hydrogen-bond acceptors (Lipinski definition) is 5. The van der Waals surface area contributed by atoms with Gasteiger partial charge in [-0.2, -0.15) is 0 Å². The van der Waals surface area contributed by atoms with Crippen LogP contribution in [-0.2, 0) is 0 Å². The van der Waals surface area contributed by atoms with E-state index in [0.717, 1.165) is 57.1 Å². The Bertz CT molecular complexity index is 643. The van der Waals surface area contributed by atoms with Crippen molar-refractivity contribution in [3.8, 4) is 12.8 Å². The normalized spacial score (nSPS) is 10.1. The number of anilines is 3. The molecule has 5 heteroatoms. The number of pyridine rings is 1. The van der Waals surface area contributed by atoms with Crippen LogP contribution in [0.3, 0.4) is 0 Å². The van der Waals surface area contributed by atoms with Crippen LogP contribution in [0.2, 0.25) is 0 Å². The summed E-state index contributed by atoms with van der Waals surface area (Å²) in [6.07, 6.45) is 17.8. The second-order valence-electron chi connectivity index (χ2n) is 9.07. The van der Waals surface area contributed by atoms with Gasteiger partial charge in [0.2, 0.25) is 0 Å². The van der Waals surface area contributed by atoms with Gasteiger partial charge in [-0.3, -0.25) is 0 Å². The fourth-order valence-corrected chi connectivity index (χ4v) is 3.04. The van der Waals surface area contributed by atoms with Crippen LogP contribution in [0, 0.1) is 18.3 Å². The number of nitrogens with one attached hydrogen (secondary N) is 1. The Morgan fingerprint density at radius 1 is 1.03 bits per heavy atom. The van der Waals surface area contributed by atoms with Crippen molar-refractivity contribution in [2.45, 2.75) is 73.6 Å². The lowest BCUT2D eigenvalue weighted by atomic mass is 9.92. The molecule has 5 nitrogen and oxygen atoms in total. The van der Waals surface area contributed by atoms with E-state index in [2.05, 4.69) is 93.7 Å². The van der Waals surface area contributed by atoms with Gasteiger partial charge >= 0.3 is 0 Å². The van der Waals surface area contributed by atoms with Crippen molar-refractivity contribution >= 4 is 17.3 Å². The number of aromatic nitrogens is 1. The number of terminal acetylenes is 1. The molecule has 1 heterocycles. The molecule has 33 heavy (non-hydrogen) atoms. The lowest BCUT2D eigenvalue weighted by molar-refractivity contribution is 0.379. The lowest BCUT2D eigenvalue weighted by Crippen LogP contribution is -2.32. The van der Waals surface area contributed by atoms with E-state index in [0.29, 0.717) is 11.2 Å². The molecule has 0 amide bonds. The maximum absolute atomic E-state index is 6.14. The monoisotopic (exact) mass is 457 g/mol. The minimum Gasteiger partial charge on any atom is -0.390 e. The van der Waals surface area contributed by atoms with Gasteiger partial charge in [0.1, 0.15) is 11.6 Å². The van der Waals surface area contributed by atoms with E-state index in [-0.39, 0.29) is 0 Å². The highest BCUT2D eigenvalue weighted by molar-refractivity contribution is 5.61. The molecule has 0 aromatic carbocycles. The van der Waals surface area contributed by atoms with Crippen LogP contribution in [0.4, 0.5) is 17.3 Å². The first-order chi connectivity index (χ1) is 15.7. The summed E-state index contributed by atoms with van der Waals surface area (Å²) < 4.78 is 0. The summed E-state index contributed by atoms with van der Waals surface area (Å²) >= 11 is 0. The van der Waals surface area contributed by atoms with Gasteiger partial charge in [0.15, 0.2) is 0 Å². The Hall–Kier alpha value is -2.61. The van der Waals surface area contributed by atoms with E-state index >= 15 is 0 Å². The van der Waals surface area contributed by atoms with E-state index in [1.165, 1.54) is 19.3 Å². The summed E-state index contributed by atoms with van der Waals surface area (Å²) in [5.74, 6) is 1.51. The molecule has 1 rings (SSSR count). The van der Waals surface area contributed by atoms with E-state index in [4.69, 9.17) is 5.73 Å². The number of rotatable bonds is 14. The Morgan fingerprint density at radius 2 is 1.67 bits per heavy atom. The fourth-order valence-electron chi connectivity index (χ4n) is 3.04. The molecule has 0 aliphatic heterocycles. The summed E-state index contributed by atoms with van der Waals surface area (Å²) in [5.41, 5.74) is 7.54. The summed E-state index contributed by atoms with van der Waals surface area (Å²) in [4.78, 5) is 9.21. The third-order valence-electron chi connectivity index (χ3n) is 5.00. The second kappa shape index (κ2) is 20.0. The highest BCUT2D eigenvalue weighted by Gasteiger charge is 2.16. The van der Waals surface area contributed by atoms with E-state index in [1.54, 1.807) is 6.20 Å². The largest absolute Gasteiger partial charge is 0.390 e. The number of nitrogen functional groups attached to an aromatic ring is 1. The predicted molar refractivity (Wildman–Crippen MR) is 151 cm³/mol. The zero-order chi connectivity index (χ0) is 25.7. The van der Waals surface area contributed by atoms with Gasteiger partial charge in [-0.15, -0.1) is 19.4 Å². The van der Waals surface area contributed by atoms with Crippen molar-refractivity contribution < 1.29 is 0 Å². The van der Waals surface area contributed by atoms with Crippen LogP contribution in [0.1, 0.15) is 73.6 Å². The molecule has 1 aromatic heterocycles. The molecule has 0 aliphatic rings. The van der Waals surface area contributed by atoms with Crippen molar-refractivity contribution in [2.75, 3.05) is 48.3 Å². The maximum atomic E-state index is 6.14. The smallest absolute Gasteiger partial charge is 0.133 e. The van der Waals surface area contributed by atoms with Crippen LogP contribution in [-0.4, -0.2) is 37.7 Å². The lowest BCUT2D eigenvalue weighted by Gasteiger charge is -2.29. The Balaban J connectivity index is 0. The molecule has 0 saturated carbocycles. The quantitative estimate of drug-likeness (QED) is 0.190. The molecule has 3 N–H and O–H groups in total. The first-order valence-corrected chi connectivity index (χ1v) is 12.3. The van der Waals surface area contributed by atoms with Gasteiger partial charge in [-0.1, -0.05) is 66.5 Å². The third-order valence-corrected chi connectivity index (χ3v) is 5.00. The molecule has 0 radical (unpaired) electrons. The van der Waals surface area contributed by atoms with Crippen LogP contribution in [0.5, 0.6) is 0 Å². The minimum atomic E-state index is 0.295. The van der Waals surface area contributed by atoms with Gasteiger partial charge in [0, 0.05) is 50.5 Å². The summed E-state index contributed by atoms with van der Waals surface area (Å²) in [6, 6.07) is 4.11. The highest BCUT2D eigenvalue weighted by atomic mass is 15.2. The van der Waals surface area contributed by atoms with Gasteiger partial charge in [-0.05, 0) is 31.4 Å². The standard InChI is InChI=1S/C21H37N5.C5H12.C2H2/c1-7-10-13-26(15-12-23-8-2)18-16-19(22)24-20(17-18)25(9-3)14-11-21(4,5)6;1-3-5-4-2;1-2/h7-8,16-17,23H,1-2,9-15H2,3-6H3,(H2,22,24);3-5H2,1-2H3;1-2H. The van der Waals surface area contributed by atoms with E-state index in [1.807, 2.05) is 12.1 Å². The maximum Gasteiger partial charge on any atom is 0.133 e. The van der Waals surface area contributed by atoms with Crippen LogP contribution < -0.4 is 20.9 Å². The Labute approximate surface area is 205 Å². The minimum absolute atomic E-state index is 0.295. The highest BCUT2D eigenvalue weighted by Crippen LogP contribution is 2.26. The number of nitrogens with zero attached hydrogens (tertiary/aromatic N) is 3. The van der Waals surface area contributed by atoms with Gasteiger partial charge < -0.3 is 20.9 Å². The number of unbranched alkanes of at least 4 members (excludes halogenated alkanes) is 2. The topological polar surface area (TPSA) is 57.4 Å². The molecule has 1 aromatic rings. The van der Waals surface area contributed by atoms with Crippen molar-refractivity contribution in [3.05, 3.63) is 37.6 Å². The fraction of sp³-hybridized carbons (Fsp3) is 0.607. The zero-order valence-electron chi connectivity index (χ0n) is 22.4. The molecule has 0 aliphatic carbocycles. The van der Waals surface area contributed by atoms with Crippen molar-refractivity contribution in [1.29, 1.82) is 0 Å². The summed E-state index contributed by atoms with van der Waals surface area (Å²) in [5, 5.41) is 3.16. The second-order valence-corrected chi connectivity index (χ2v) is 9.07. The van der Waals surface area contributed by atoms with E-state index < -0.39 is 0 Å². The molecule has 0 bridgehead atoms. The Morgan fingerprint density at radius 3 is 2.12 bits per heavy atom. The average molecular weight is 458 g/mol. The Kier molecular flexibility index (Phi) is 19.8. The van der Waals surface area contributed by atoms with Gasteiger partial charge in [-0.25, -0.2) is 4.98 Å². The van der Waals surface area contributed by atoms with Crippen LogP contribution >= 0.6 is 0 Å². The molecule has 0 atom stereocenters. The molecule has 0 saturated heterocycles. The van der Waals surface area contributed by atoms with Crippen molar-refractivity contribution in [3.63, 3.8) is 0 Å². The third kappa shape index (κ3) is 16.7. The van der Waals surface area contributed by atoms with Gasteiger partial charge in [0.05, 0.1) is 0 Å². The van der Waals surface area contributed by atoms with Gasteiger partial charge in [0.25, 0.3) is 0 Å². The first-order valence-electron chi connectivity index (χ1n) is 12.3. The predicted octanol–water partition coefficient (Wildman–Crippen LogP) is 6.49. The summed E-state index contributed by atoms with van der Waals surface area (Å²) in [7, 11) is 0. The molecule has 188 valence electrons. The van der Waals surface area contributed by atoms with Crippen LogP contribution in [0.25, 0.3) is 0 Å². The molecular weight excluding hydrogens is 406 g/mol. The molecule has 0 fully saturated rings. The molecule has 0 unspecified atom stereocenters. The van der Waals surface area contributed by atoms with E-state index in [9.17, 15) is 0 Å². The SMILES string of the molecule is C#C.C=CCCN(CCNC=C)c1cc(N)nc(N(CC)CCC(C)(C)C)c1.CCCCC. The number of nitrogens with two attached hydrogens (primary N) is 1. The zero-order valence-corrected chi connectivity index (χ0v) is 22.4. The van der Waals surface area contributed by atoms with Crippen molar-refractivity contribution in [1.82, 2.24) is 10.3 Å². The number of hydrogen-bond donors (Lipinski definition) is 2. The van der Waals surface area contributed by atoms with Crippen molar-refractivity contribution in [2.24, 2.45) is 5.41 Å². The first kappa shape index (κ1) is 32.6.